The van der Waals surface area contributed by atoms with Crippen LogP contribution in [0.5, 0.6) is 0 Å². The summed E-state index contributed by atoms with van der Waals surface area (Å²) in [4.78, 5) is 11.5. The Hall–Kier alpha value is -0.470. The molecule has 0 aromatic carbocycles. The first kappa shape index (κ1) is 18.6. The van der Waals surface area contributed by atoms with Crippen molar-refractivity contribution in [1.82, 2.24) is 0 Å². The van der Waals surface area contributed by atoms with Crippen LogP contribution in [0.15, 0.2) is 0 Å². The second-order valence-electron chi connectivity index (χ2n) is 5.45. The Labute approximate surface area is 126 Å². The van der Waals surface area contributed by atoms with Gasteiger partial charge in [0.2, 0.25) is 0 Å². The summed E-state index contributed by atoms with van der Waals surface area (Å²) in [6.07, 6.45) is -11.5. The Kier molecular flexibility index (Phi) is 5.28. The van der Waals surface area contributed by atoms with E-state index in [1.54, 1.807) is 0 Å². The number of rotatable bonds is 2. The molecule has 0 aliphatic heterocycles. The van der Waals surface area contributed by atoms with Crippen molar-refractivity contribution in [2.45, 2.75) is 55.9 Å². The summed E-state index contributed by atoms with van der Waals surface area (Å²) in [5, 5.41) is 0. The molecule has 0 unspecified atom stereocenters. The molecule has 1 saturated carbocycles. The van der Waals surface area contributed by atoms with E-state index in [0.717, 1.165) is 0 Å². The number of ether oxygens (including phenoxy) is 1. The van der Waals surface area contributed by atoms with E-state index < -0.39 is 28.8 Å². The normalized spacial score (nSPS) is 28.3. The van der Waals surface area contributed by atoms with Crippen LogP contribution in [0, 0.1) is 11.8 Å². The predicted octanol–water partition coefficient (Wildman–Crippen LogP) is 4.61. The maximum absolute atomic E-state index is 12.7. The number of halogens is 7. The molecule has 0 N–H and O–H groups in total. The van der Waals surface area contributed by atoms with Crippen LogP contribution in [0.3, 0.4) is 0 Å². The molecule has 0 saturated heterocycles. The molecule has 1 aliphatic carbocycles. The summed E-state index contributed by atoms with van der Waals surface area (Å²) in [5.41, 5.74) is 0. The summed E-state index contributed by atoms with van der Waals surface area (Å²) in [5.74, 6) is -1.99. The van der Waals surface area contributed by atoms with E-state index in [9.17, 15) is 31.1 Å². The molecule has 2 nitrogen and oxygen atoms in total. The van der Waals surface area contributed by atoms with Gasteiger partial charge in [0.1, 0.15) is 6.10 Å². The van der Waals surface area contributed by atoms with Gasteiger partial charge in [0.25, 0.3) is 0 Å². The van der Waals surface area contributed by atoms with Gasteiger partial charge < -0.3 is 4.74 Å². The summed E-state index contributed by atoms with van der Waals surface area (Å²) in [6.45, 7) is 3.75. The van der Waals surface area contributed by atoms with Crippen LogP contribution in [0.25, 0.3) is 0 Å². The highest BCUT2D eigenvalue weighted by Crippen LogP contribution is 2.50. The third-order valence-corrected chi connectivity index (χ3v) is 5.11. The smallest absolute Gasteiger partial charge is 0.423 e. The van der Waals surface area contributed by atoms with E-state index in [-0.39, 0.29) is 18.8 Å². The predicted molar refractivity (Wildman–Crippen MR) is 65.8 cm³/mol. The van der Waals surface area contributed by atoms with Gasteiger partial charge >= 0.3 is 22.6 Å². The number of carbonyl (C=O) groups excluding carboxylic acids is 1. The molecule has 1 rings (SSSR count). The van der Waals surface area contributed by atoms with Gasteiger partial charge in [-0.2, -0.15) is 26.3 Å². The molecular weight excluding hydrogens is 370 g/mol. The average molecular weight is 385 g/mol. The Morgan fingerprint density at radius 3 is 1.86 bits per heavy atom. The van der Waals surface area contributed by atoms with Crippen molar-refractivity contribution in [2.24, 2.45) is 11.8 Å². The zero-order valence-corrected chi connectivity index (χ0v) is 12.9. The van der Waals surface area contributed by atoms with Gasteiger partial charge in [-0.25, -0.2) is 4.79 Å². The lowest BCUT2D eigenvalue weighted by atomic mass is 9.80. The molecule has 0 aromatic rings. The van der Waals surface area contributed by atoms with Crippen molar-refractivity contribution in [2.75, 3.05) is 0 Å². The second kappa shape index (κ2) is 5.96. The fourth-order valence-electron chi connectivity index (χ4n) is 2.23. The Balaban J connectivity index is 2.89. The zero-order valence-electron chi connectivity index (χ0n) is 11.3. The first-order valence-corrected chi connectivity index (χ1v) is 7.13. The molecular formula is C12H15BrF6O2. The number of esters is 1. The standard InChI is InChI=1S/C12H15BrF6O2/c1-6-3-4-8(5-7(6)2)21-9(20)10(13,11(14,15)16)12(17,18)19/h6-8H,3-5H2,1-2H3/t6-,7+,8-/m1/s1. The van der Waals surface area contributed by atoms with Crippen molar-refractivity contribution in [3.63, 3.8) is 0 Å². The van der Waals surface area contributed by atoms with Crippen LogP contribution in [0.4, 0.5) is 26.3 Å². The van der Waals surface area contributed by atoms with Gasteiger partial charge in [-0.1, -0.05) is 29.8 Å². The fraction of sp³-hybridized carbons (Fsp3) is 0.917. The Bertz CT molecular complexity index is 378. The summed E-state index contributed by atoms with van der Waals surface area (Å²) in [7, 11) is 0. The van der Waals surface area contributed by atoms with Crippen LogP contribution in [0.2, 0.25) is 0 Å². The first-order valence-electron chi connectivity index (χ1n) is 6.34. The quantitative estimate of drug-likeness (QED) is 0.394. The first-order chi connectivity index (χ1) is 9.30. The number of carbonyl (C=O) groups is 1. The highest BCUT2D eigenvalue weighted by molar-refractivity contribution is 9.10. The summed E-state index contributed by atoms with van der Waals surface area (Å²) in [6, 6.07) is 0. The fourth-order valence-corrected chi connectivity index (χ4v) is 2.32. The van der Waals surface area contributed by atoms with Gasteiger partial charge in [-0.15, -0.1) is 0 Å². The van der Waals surface area contributed by atoms with E-state index >= 15 is 0 Å². The number of hydrogen-bond acceptors (Lipinski definition) is 2. The molecule has 9 heteroatoms. The zero-order chi connectivity index (χ0) is 16.6. The van der Waals surface area contributed by atoms with Crippen LogP contribution in [0.1, 0.15) is 33.1 Å². The van der Waals surface area contributed by atoms with Crippen molar-refractivity contribution in [3.8, 4) is 0 Å². The topological polar surface area (TPSA) is 26.3 Å². The SMILES string of the molecule is C[C@@H]1CC[C@@H](OC(=O)C(Br)(C(F)(F)F)C(F)(F)F)C[C@@H]1C. The van der Waals surface area contributed by atoms with E-state index in [4.69, 9.17) is 0 Å². The molecule has 3 atom stereocenters. The molecule has 0 heterocycles. The molecule has 0 bridgehead atoms. The second-order valence-corrected chi connectivity index (χ2v) is 6.64. The van der Waals surface area contributed by atoms with Crippen LogP contribution in [-0.4, -0.2) is 28.8 Å². The van der Waals surface area contributed by atoms with Crippen LogP contribution < -0.4 is 0 Å². The van der Waals surface area contributed by atoms with Crippen molar-refractivity contribution in [3.05, 3.63) is 0 Å². The molecule has 124 valence electrons. The van der Waals surface area contributed by atoms with Gasteiger partial charge in [0.05, 0.1) is 0 Å². The molecule has 0 spiro atoms. The molecule has 0 aromatic heterocycles. The highest BCUT2D eigenvalue weighted by Gasteiger charge is 2.76. The average Bonchev–Trinajstić information content (AvgIpc) is 2.29. The Morgan fingerprint density at radius 1 is 1.00 bits per heavy atom. The van der Waals surface area contributed by atoms with E-state index in [1.165, 1.54) is 15.9 Å². The van der Waals surface area contributed by atoms with Crippen LogP contribution in [-0.2, 0) is 9.53 Å². The monoisotopic (exact) mass is 384 g/mol. The number of hydrogen-bond donors (Lipinski definition) is 0. The minimum atomic E-state index is -5.84. The highest BCUT2D eigenvalue weighted by atomic mass is 79.9. The van der Waals surface area contributed by atoms with E-state index in [1.807, 2.05) is 13.8 Å². The molecule has 21 heavy (non-hydrogen) atoms. The van der Waals surface area contributed by atoms with Gasteiger partial charge in [-0.3, -0.25) is 0 Å². The Morgan fingerprint density at radius 2 is 1.48 bits per heavy atom. The van der Waals surface area contributed by atoms with E-state index in [0.29, 0.717) is 12.3 Å². The minimum Gasteiger partial charge on any atom is -0.461 e. The summed E-state index contributed by atoms with van der Waals surface area (Å²) < 4.78 is 75.9. The van der Waals surface area contributed by atoms with Crippen molar-refractivity contribution < 1.29 is 35.9 Å². The summed E-state index contributed by atoms with van der Waals surface area (Å²) >= 11 is 1.52. The number of alkyl halides is 7. The van der Waals surface area contributed by atoms with E-state index in [2.05, 4.69) is 4.74 Å². The third-order valence-electron chi connectivity index (χ3n) is 3.89. The third kappa shape index (κ3) is 3.65. The maximum Gasteiger partial charge on any atom is 0.423 e. The lowest BCUT2D eigenvalue weighted by Gasteiger charge is -2.35. The molecule has 1 fully saturated rings. The molecule has 1 aliphatic rings. The molecule has 0 amide bonds. The lowest BCUT2D eigenvalue weighted by Crippen LogP contribution is -2.58. The van der Waals surface area contributed by atoms with Gasteiger partial charge in [0.15, 0.2) is 0 Å². The van der Waals surface area contributed by atoms with Crippen LogP contribution >= 0.6 is 15.9 Å². The van der Waals surface area contributed by atoms with Gasteiger partial charge in [0, 0.05) is 0 Å². The lowest BCUT2D eigenvalue weighted by molar-refractivity contribution is -0.264. The maximum atomic E-state index is 12.7. The largest absolute Gasteiger partial charge is 0.461 e. The minimum absolute atomic E-state index is 0.0676. The molecule has 0 radical (unpaired) electrons. The van der Waals surface area contributed by atoms with Crippen molar-refractivity contribution in [1.29, 1.82) is 0 Å². The van der Waals surface area contributed by atoms with Crippen molar-refractivity contribution >= 4 is 21.9 Å². The van der Waals surface area contributed by atoms with Gasteiger partial charge in [-0.05, 0) is 31.1 Å².